The zero-order chi connectivity index (χ0) is 19.9. The van der Waals surface area contributed by atoms with Gasteiger partial charge in [0.1, 0.15) is 6.10 Å². The fourth-order valence-corrected chi connectivity index (χ4v) is 4.64. The van der Waals surface area contributed by atoms with Crippen molar-refractivity contribution >= 4 is 29.9 Å². The van der Waals surface area contributed by atoms with E-state index in [1.54, 1.807) is 0 Å². The van der Waals surface area contributed by atoms with E-state index in [2.05, 4.69) is 44.4 Å². The van der Waals surface area contributed by atoms with Gasteiger partial charge in [0.15, 0.2) is 5.96 Å². The van der Waals surface area contributed by atoms with E-state index < -0.39 is 0 Å². The summed E-state index contributed by atoms with van der Waals surface area (Å²) in [5.41, 5.74) is 2.70. The second-order valence-corrected chi connectivity index (χ2v) is 8.46. The number of halogens is 1. The number of likely N-dealkylation sites (tertiary alicyclic amines) is 1. The van der Waals surface area contributed by atoms with E-state index in [1.165, 1.54) is 43.5 Å². The van der Waals surface area contributed by atoms with Gasteiger partial charge in [0, 0.05) is 39.8 Å². The molecule has 0 bridgehead atoms. The van der Waals surface area contributed by atoms with Crippen LogP contribution in [0.15, 0.2) is 29.3 Å². The van der Waals surface area contributed by atoms with E-state index in [-0.39, 0.29) is 36.2 Å². The van der Waals surface area contributed by atoms with Gasteiger partial charge in [-0.2, -0.15) is 0 Å². The van der Waals surface area contributed by atoms with Gasteiger partial charge in [-0.3, -0.25) is 9.89 Å². The van der Waals surface area contributed by atoms with Crippen LogP contribution < -0.4 is 5.32 Å². The zero-order valence-electron chi connectivity index (χ0n) is 18.2. The van der Waals surface area contributed by atoms with Crippen molar-refractivity contribution in [2.24, 2.45) is 4.99 Å². The summed E-state index contributed by atoms with van der Waals surface area (Å²) in [4.78, 5) is 9.39. The summed E-state index contributed by atoms with van der Waals surface area (Å²) in [6.07, 6.45) is 6.72. The maximum atomic E-state index is 5.97. The molecule has 3 aliphatic heterocycles. The number of guanidine groups is 1. The number of aliphatic imine (C=N–C) groups is 1. The number of morpholine rings is 1. The minimum atomic E-state index is 0. The van der Waals surface area contributed by atoms with E-state index in [0.717, 1.165) is 58.2 Å². The van der Waals surface area contributed by atoms with E-state index in [1.807, 2.05) is 7.05 Å². The Balaban J connectivity index is 0.00000256. The van der Waals surface area contributed by atoms with Gasteiger partial charge in [-0.05, 0) is 49.9 Å². The molecule has 0 spiro atoms. The summed E-state index contributed by atoms with van der Waals surface area (Å²) in [6.45, 7) is 7.67. The third-order valence-corrected chi connectivity index (χ3v) is 6.31. The first-order valence-electron chi connectivity index (χ1n) is 11.3. The molecule has 3 saturated heterocycles. The number of hydrogen-bond donors (Lipinski definition) is 1. The molecule has 1 N–H and O–H groups in total. The Morgan fingerprint density at radius 2 is 1.70 bits per heavy atom. The van der Waals surface area contributed by atoms with Gasteiger partial charge in [-0.25, -0.2) is 0 Å². The predicted molar refractivity (Wildman–Crippen MR) is 131 cm³/mol. The summed E-state index contributed by atoms with van der Waals surface area (Å²) in [6, 6.07) is 9.04. The summed E-state index contributed by atoms with van der Waals surface area (Å²) in [7, 11) is 1.86. The molecule has 0 aliphatic carbocycles. The van der Waals surface area contributed by atoms with Crippen molar-refractivity contribution in [3.05, 3.63) is 35.4 Å². The van der Waals surface area contributed by atoms with Gasteiger partial charge >= 0.3 is 0 Å². The molecule has 7 heteroatoms. The first-order valence-corrected chi connectivity index (χ1v) is 11.3. The molecule has 0 aromatic heterocycles. The number of ether oxygens (including phenoxy) is 2. The van der Waals surface area contributed by atoms with E-state index in [4.69, 9.17) is 9.47 Å². The van der Waals surface area contributed by atoms with Gasteiger partial charge in [0.05, 0.1) is 12.7 Å². The third kappa shape index (κ3) is 6.55. The Hall–Kier alpha value is -0.900. The van der Waals surface area contributed by atoms with E-state index in [9.17, 15) is 0 Å². The van der Waals surface area contributed by atoms with Crippen molar-refractivity contribution in [3.8, 4) is 0 Å². The van der Waals surface area contributed by atoms with Crippen LogP contribution in [0, 0.1) is 0 Å². The molecule has 4 rings (SSSR count). The minimum Gasteiger partial charge on any atom is -0.375 e. The lowest BCUT2D eigenvalue weighted by Gasteiger charge is -2.37. The molecule has 0 radical (unpaired) electrons. The zero-order valence-corrected chi connectivity index (χ0v) is 20.6. The Morgan fingerprint density at radius 3 is 2.40 bits per heavy atom. The molecular weight excluding hydrogens is 491 g/mol. The van der Waals surface area contributed by atoms with Gasteiger partial charge < -0.3 is 19.7 Å². The largest absolute Gasteiger partial charge is 0.375 e. The first kappa shape index (κ1) is 23.8. The molecule has 1 aromatic rings. The predicted octanol–water partition coefficient (Wildman–Crippen LogP) is 3.25. The summed E-state index contributed by atoms with van der Waals surface area (Å²) in [5, 5.41) is 3.54. The van der Waals surface area contributed by atoms with Crippen molar-refractivity contribution in [1.82, 2.24) is 15.1 Å². The lowest BCUT2D eigenvalue weighted by molar-refractivity contribution is -0.0817. The highest BCUT2D eigenvalue weighted by Crippen LogP contribution is 2.21. The molecule has 3 heterocycles. The number of nitrogens with zero attached hydrogens (tertiary/aromatic N) is 3. The van der Waals surface area contributed by atoms with Crippen LogP contribution in [0.4, 0.5) is 0 Å². The molecule has 30 heavy (non-hydrogen) atoms. The van der Waals surface area contributed by atoms with Crippen molar-refractivity contribution < 1.29 is 9.47 Å². The monoisotopic (exact) mass is 528 g/mol. The van der Waals surface area contributed by atoms with Crippen LogP contribution in [-0.2, 0) is 22.6 Å². The fourth-order valence-electron chi connectivity index (χ4n) is 4.64. The van der Waals surface area contributed by atoms with Crippen molar-refractivity contribution in [3.63, 3.8) is 0 Å². The highest BCUT2D eigenvalue weighted by atomic mass is 127. The molecule has 6 nitrogen and oxygen atoms in total. The smallest absolute Gasteiger partial charge is 0.194 e. The van der Waals surface area contributed by atoms with Crippen molar-refractivity contribution in [2.45, 2.75) is 57.4 Å². The van der Waals surface area contributed by atoms with E-state index >= 15 is 0 Å². The first-order chi connectivity index (χ1) is 14.3. The number of rotatable bonds is 5. The number of hydrogen-bond acceptors (Lipinski definition) is 4. The average Bonchev–Trinajstić information content (AvgIpc) is 3.31. The maximum absolute atomic E-state index is 5.97. The minimum absolute atomic E-state index is 0. The molecule has 3 aliphatic rings. The number of nitrogens with one attached hydrogen (secondary N) is 1. The Morgan fingerprint density at radius 1 is 0.967 bits per heavy atom. The second-order valence-electron chi connectivity index (χ2n) is 8.46. The fraction of sp³-hybridized carbons (Fsp3) is 0.696. The normalized spacial score (nSPS) is 25.8. The van der Waals surface area contributed by atoms with Crippen LogP contribution in [0.2, 0.25) is 0 Å². The van der Waals surface area contributed by atoms with Gasteiger partial charge in [-0.1, -0.05) is 30.7 Å². The molecule has 1 aromatic carbocycles. The lowest BCUT2D eigenvalue weighted by Crippen LogP contribution is -2.53. The quantitative estimate of drug-likeness (QED) is 0.362. The number of benzene rings is 1. The molecule has 168 valence electrons. The van der Waals surface area contributed by atoms with Crippen molar-refractivity contribution in [1.29, 1.82) is 0 Å². The third-order valence-electron chi connectivity index (χ3n) is 6.31. The van der Waals surface area contributed by atoms with Gasteiger partial charge in [0.25, 0.3) is 0 Å². The van der Waals surface area contributed by atoms with Crippen LogP contribution in [0.1, 0.15) is 43.2 Å². The topological polar surface area (TPSA) is 49.3 Å². The Bertz CT molecular complexity index is 658. The Kier molecular flexibility index (Phi) is 9.67. The SMILES string of the molecule is CN=C(NCc1ccc(CN2CCCCC2)cc1)N1CCOC(C2CCCO2)C1.I. The highest BCUT2D eigenvalue weighted by molar-refractivity contribution is 14.0. The van der Waals surface area contributed by atoms with Gasteiger partial charge in [-0.15, -0.1) is 24.0 Å². The van der Waals surface area contributed by atoms with Crippen LogP contribution in [0.3, 0.4) is 0 Å². The summed E-state index contributed by atoms with van der Waals surface area (Å²) in [5.74, 6) is 0.952. The highest BCUT2D eigenvalue weighted by Gasteiger charge is 2.32. The summed E-state index contributed by atoms with van der Waals surface area (Å²) < 4.78 is 11.8. The number of piperidine rings is 1. The maximum Gasteiger partial charge on any atom is 0.194 e. The van der Waals surface area contributed by atoms with Crippen molar-refractivity contribution in [2.75, 3.05) is 46.4 Å². The summed E-state index contributed by atoms with van der Waals surface area (Å²) >= 11 is 0. The molecule has 0 amide bonds. The molecular formula is C23H37IN4O2. The Labute approximate surface area is 198 Å². The molecule has 0 saturated carbocycles. The van der Waals surface area contributed by atoms with Gasteiger partial charge in [0.2, 0.25) is 0 Å². The lowest BCUT2D eigenvalue weighted by atomic mass is 10.1. The second kappa shape index (κ2) is 12.2. The average molecular weight is 528 g/mol. The molecule has 2 unspecified atom stereocenters. The van der Waals surface area contributed by atoms with Crippen LogP contribution in [0.25, 0.3) is 0 Å². The van der Waals surface area contributed by atoms with Crippen LogP contribution in [-0.4, -0.2) is 74.4 Å². The van der Waals surface area contributed by atoms with E-state index in [0.29, 0.717) is 0 Å². The standard InChI is InChI=1S/C23H36N4O2.HI/c1-24-23(27-13-15-29-22(18-27)21-6-5-14-28-21)25-16-19-7-9-20(10-8-19)17-26-11-3-2-4-12-26;/h7-10,21-22H,2-6,11-18H2,1H3,(H,24,25);1H. The van der Waals surface area contributed by atoms with Crippen LogP contribution >= 0.6 is 24.0 Å². The molecule has 2 atom stereocenters. The van der Waals surface area contributed by atoms with Crippen LogP contribution in [0.5, 0.6) is 0 Å². The molecule has 3 fully saturated rings.